The number of anilines is 1. The number of hydrogen-bond acceptors (Lipinski definition) is 4. The van der Waals surface area contributed by atoms with Crippen molar-refractivity contribution in [2.24, 2.45) is 0 Å². The summed E-state index contributed by atoms with van der Waals surface area (Å²) in [4.78, 5) is 13.2. The highest BCUT2D eigenvalue weighted by molar-refractivity contribution is 7.92. The van der Waals surface area contributed by atoms with Crippen LogP contribution in [0, 0.1) is 20.8 Å². The number of methoxy groups -OCH3 is 1. The van der Waals surface area contributed by atoms with Crippen LogP contribution < -0.4 is 14.4 Å². The van der Waals surface area contributed by atoms with E-state index >= 15 is 0 Å². The Balaban J connectivity index is 2.40. The van der Waals surface area contributed by atoms with Crippen LogP contribution in [0.4, 0.5) is 5.69 Å². The molecule has 2 atom stereocenters. The fourth-order valence-corrected chi connectivity index (χ4v) is 4.83. The molecule has 0 saturated carbocycles. The third kappa shape index (κ3) is 5.33. The molecule has 164 valence electrons. The van der Waals surface area contributed by atoms with Gasteiger partial charge in [0.05, 0.1) is 25.1 Å². The average Bonchev–Trinajstić information content (AvgIpc) is 2.65. The van der Waals surface area contributed by atoms with E-state index in [1.165, 1.54) is 7.11 Å². The Hall–Kier alpha value is -2.54. The number of nitrogens with zero attached hydrogens (tertiary/aromatic N) is 1. The molecule has 0 radical (unpaired) electrons. The van der Waals surface area contributed by atoms with Crippen molar-refractivity contribution >= 4 is 21.6 Å². The lowest BCUT2D eigenvalue weighted by molar-refractivity contribution is -0.122. The van der Waals surface area contributed by atoms with Crippen molar-refractivity contribution in [1.82, 2.24) is 5.32 Å². The standard InChI is InChI=1S/C23H32N2O4S/c1-8-20(19-11-9-15(2)13-17(19)4)24-23(26)18(5)25(30(7,27)28)21-14-16(3)10-12-22(21)29-6/h9-14,18,20H,8H2,1-7H3,(H,24,26)/t18-,20-/m1/s1. The second-order valence-corrected chi connectivity index (χ2v) is 9.60. The van der Waals surface area contributed by atoms with Crippen LogP contribution in [-0.4, -0.2) is 33.7 Å². The van der Waals surface area contributed by atoms with E-state index in [0.29, 0.717) is 17.9 Å². The number of carbonyl (C=O) groups excluding carboxylic acids is 1. The third-order valence-corrected chi connectivity index (χ3v) is 6.41. The molecular weight excluding hydrogens is 400 g/mol. The van der Waals surface area contributed by atoms with Gasteiger partial charge in [-0.05, 0) is 62.9 Å². The van der Waals surface area contributed by atoms with Crippen molar-refractivity contribution in [3.8, 4) is 5.75 Å². The van der Waals surface area contributed by atoms with Gasteiger partial charge in [-0.3, -0.25) is 9.10 Å². The van der Waals surface area contributed by atoms with Crippen LogP contribution in [0.2, 0.25) is 0 Å². The minimum atomic E-state index is -3.74. The fourth-order valence-electron chi connectivity index (χ4n) is 3.66. The van der Waals surface area contributed by atoms with E-state index in [1.54, 1.807) is 19.1 Å². The molecule has 2 aromatic rings. The summed E-state index contributed by atoms with van der Waals surface area (Å²) in [5.41, 5.74) is 4.49. The molecule has 0 aliphatic heterocycles. The maximum Gasteiger partial charge on any atom is 0.244 e. The molecule has 0 saturated heterocycles. The number of aryl methyl sites for hydroxylation is 3. The molecule has 7 heteroatoms. The topological polar surface area (TPSA) is 75.7 Å². The first kappa shape index (κ1) is 23.7. The zero-order valence-corrected chi connectivity index (χ0v) is 19.6. The van der Waals surface area contributed by atoms with Gasteiger partial charge in [0.25, 0.3) is 0 Å². The molecule has 2 rings (SSSR count). The summed E-state index contributed by atoms with van der Waals surface area (Å²) in [6, 6.07) is 10.2. The molecule has 1 amide bonds. The molecule has 30 heavy (non-hydrogen) atoms. The summed E-state index contributed by atoms with van der Waals surface area (Å²) in [5.74, 6) is 0.0305. The number of benzene rings is 2. The fraction of sp³-hybridized carbons (Fsp3) is 0.435. The molecule has 0 spiro atoms. The third-order valence-electron chi connectivity index (χ3n) is 5.19. The molecule has 0 heterocycles. The van der Waals surface area contributed by atoms with Crippen molar-refractivity contribution in [1.29, 1.82) is 0 Å². The van der Waals surface area contributed by atoms with E-state index in [-0.39, 0.29) is 11.9 Å². The summed E-state index contributed by atoms with van der Waals surface area (Å²) >= 11 is 0. The lowest BCUT2D eigenvalue weighted by atomic mass is 9.97. The number of rotatable bonds is 8. The van der Waals surface area contributed by atoms with Crippen LogP contribution in [0.5, 0.6) is 5.75 Å². The summed E-state index contributed by atoms with van der Waals surface area (Å²) < 4.78 is 31.8. The van der Waals surface area contributed by atoms with Gasteiger partial charge in [-0.2, -0.15) is 0 Å². The van der Waals surface area contributed by atoms with Gasteiger partial charge in [0, 0.05) is 0 Å². The van der Waals surface area contributed by atoms with E-state index in [0.717, 1.165) is 32.8 Å². The Kier molecular flexibility index (Phi) is 7.53. The van der Waals surface area contributed by atoms with Gasteiger partial charge in [0.1, 0.15) is 11.8 Å². The van der Waals surface area contributed by atoms with E-state index in [1.807, 2.05) is 45.9 Å². The number of hydrogen-bond donors (Lipinski definition) is 1. The smallest absolute Gasteiger partial charge is 0.244 e. The van der Waals surface area contributed by atoms with Crippen molar-refractivity contribution in [2.45, 2.75) is 53.1 Å². The van der Waals surface area contributed by atoms with Crippen molar-refractivity contribution in [2.75, 3.05) is 17.7 Å². The highest BCUT2D eigenvalue weighted by Crippen LogP contribution is 2.33. The highest BCUT2D eigenvalue weighted by atomic mass is 32.2. The van der Waals surface area contributed by atoms with Gasteiger partial charge in [0.15, 0.2) is 0 Å². The molecule has 0 unspecified atom stereocenters. The number of sulfonamides is 1. The SMILES string of the molecule is CC[C@@H](NC(=O)[C@@H](C)N(c1cc(C)ccc1OC)S(C)(=O)=O)c1ccc(C)cc1C. The molecule has 0 fully saturated rings. The zero-order valence-electron chi connectivity index (χ0n) is 18.8. The second kappa shape index (κ2) is 9.51. The van der Waals surface area contributed by atoms with E-state index in [2.05, 4.69) is 11.4 Å². The van der Waals surface area contributed by atoms with E-state index in [4.69, 9.17) is 4.74 Å². The summed E-state index contributed by atoms with van der Waals surface area (Å²) in [6.45, 7) is 9.49. The first-order chi connectivity index (χ1) is 14.0. The van der Waals surface area contributed by atoms with Crippen LogP contribution in [0.3, 0.4) is 0 Å². The van der Waals surface area contributed by atoms with Crippen LogP contribution in [-0.2, 0) is 14.8 Å². The molecule has 0 aromatic heterocycles. The molecule has 1 N–H and O–H groups in total. The van der Waals surface area contributed by atoms with Gasteiger partial charge in [-0.15, -0.1) is 0 Å². The molecular formula is C23H32N2O4S. The van der Waals surface area contributed by atoms with Crippen LogP contribution in [0.1, 0.15) is 48.6 Å². The number of nitrogens with one attached hydrogen (secondary N) is 1. The van der Waals surface area contributed by atoms with Gasteiger partial charge in [-0.25, -0.2) is 8.42 Å². The van der Waals surface area contributed by atoms with E-state index < -0.39 is 16.1 Å². The van der Waals surface area contributed by atoms with Crippen LogP contribution in [0.15, 0.2) is 36.4 Å². The van der Waals surface area contributed by atoms with Crippen LogP contribution >= 0.6 is 0 Å². The predicted octanol–water partition coefficient (Wildman–Crippen LogP) is 4.04. The Morgan fingerprint density at radius 2 is 1.70 bits per heavy atom. The van der Waals surface area contributed by atoms with Gasteiger partial charge < -0.3 is 10.1 Å². The monoisotopic (exact) mass is 432 g/mol. The zero-order chi connectivity index (χ0) is 22.6. The first-order valence-corrected chi connectivity index (χ1v) is 11.9. The lowest BCUT2D eigenvalue weighted by Gasteiger charge is -2.31. The van der Waals surface area contributed by atoms with Crippen molar-refractivity contribution in [3.05, 3.63) is 58.7 Å². The van der Waals surface area contributed by atoms with Gasteiger partial charge in [-0.1, -0.05) is 36.8 Å². The normalized spacial score (nSPS) is 13.4. The maximum atomic E-state index is 13.2. The van der Waals surface area contributed by atoms with Crippen molar-refractivity contribution in [3.63, 3.8) is 0 Å². The second-order valence-electron chi connectivity index (χ2n) is 7.74. The molecule has 0 aliphatic rings. The Labute approximate surface area is 180 Å². The summed E-state index contributed by atoms with van der Waals surface area (Å²) in [6.07, 6.45) is 1.79. The van der Waals surface area contributed by atoms with Crippen molar-refractivity contribution < 1.29 is 17.9 Å². The van der Waals surface area contributed by atoms with Gasteiger partial charge in [0.2, 0.25) is 15.9 Å². The first-order valence-electron chi connectivity index (χ1n) is 10.0. The molecule has 0 bridgehead atoms. The minimum Gasteiger partial charge on any atom is -0.495 e. The average molecular weight is 433 g/mol. The number of ether oxygens (including phenoxy) is 1. The van der Waals surface area contributed by atoms with Gasteiger partial charge >= 0.3 is 0 Å². The lowest BCUT2D eigenvalue weighted by Crippen LogP contribution is -2.48. The van der Waals surface area contributed by atoms with E-state index in [9.17, 15) is 13.2 Å². The largest absolute Gasteiger partial charge is 0.495 e. The highest BCUT2D eigenvalue weighted by Gasteiger charge is 2.32. The summed E-state index contributed by atoms with van der Waals surface area (Å²) in [5, 5.41) is 3.03. The Bertz CT molecular complexity index is 1020. The Morgan fingerprint density at radius 3 is 2.23 bits per heavy atom. The molecule has 2 aromatic carbocycles. The number of amides is 1. The summed E-state index contributed by atoms with van der Waals surface area (Å²) in [7, 11) is -2.26. The van der Waals surface area contributed by atoms with Crippen LogP contribution in [0.25, 0.3) is 0 Å². The predicted molar refractivity (Wildman–Crippen MR) is 122 cm³/mol. The minimum absolute atomic E-state index is 0.207. The Morgan fingerprint density at radius 1 is 1.10 bits per heavy atom. The molecule has 0 aliphatic carbocycles. The quantitative estimate of drug-likeness (QED) is 0.683. The maximum absolute atomic E-state index is 13.2. The molecule has 6 nitrogen and oxygen atoms in total. The number of carbonyl (C=O) groups is 1.